The zero-order valence-corrected chi connectivity index (χ0v) is 9.59. The minimum atomic E-state index is -3.37. The molecule has 7 heteroatoms. The van der Waals surface area contributed by atoms with Gasteiger partial charge in [-0.15, -0.1) is 0 Å². The summed E-state index contributed by atoms with van der Waals surface area (Å²) >= 11 is 0. The van der Waals surface area contributed by atoms with Crippen molar-refractivity contribution in [3.63, 3.8) is 0 Å². The fourth-order valence-corrected chi connectivity index (χ4v) is 3.30. The Morgan fingerprint density at radius 3 is 2.80 bits per heavy atom. The highest BCUT2D eigenvalue weighted by atomic mass is 32.2. The van der Waals surface area contributed by atoms with Gasteiger partial charge in [-0.25, -0.2) is 8.42 Å². The quantitative estimate of drug-likeness (QED) is 0.619. The minimum absolute atomic E-state index is 0.0826. The van der Waals surface area contributed by atoms with Gasteiger partial charge >= 0.3 is 0 Å². The Balaban J connectivity index is 2.81. The lowest BCUT2D eigenvalue weighted by atomic mass is 10.2. The summed E-state index contributed by atoms with van der Waals surface area (Å²) < 4.78 is 24.7. The Hall–Kier alpha value is -0.660. The Bertz CT molecular complexity index is 328. The number of amides is 1. The van der Waals surface area contributed by atoms with E-state index in [0.717, 1.165) is 6.42 Å². The van der Waals surface area contributed by atoms with Crippen LogP contribution < -0.4 is 11.1 Å². The fraction of sp³-hybridized carbons (Fsp3) is 0.875. The molecule has 1 unspecified atom stereocenters. The number of sulfonamides is 1. The molecule has 3 N–H and O–H groups in total. The highest BCUT2D eigenvalue weighted by Gasteiger charge is 2.37. The number of hydrogen-bond donors (Lipinski definition) is 2. The molecule has 0 aromatic heterocycles. The van der Waals surface area contributed by atoms with E-state index in [1.165, 1.54) is 11.4 Å². The predicted molar refractivity (Wildman–Crippen MR) is 56.6 cm³/mol. The maximum absolute atomic E-state index is 11.7. The first kappa shape index (κ1) is 12.4. The third kappa shape index (κ3) is 2.67. The maximum atomic E-state index is 11.7. The number of nitrogens with zero attached hydrogens (tertiary/aromatic N) is 1. The van der Waals surface area contributed by atoms with E-state index in [9.17, 15) is 13.2 Å². The highest BCUT2D eigenvalue weighted by Crippen LogP contribution is 2.21. The van der Waals surface area contributed by atoms with Crippen molar-refractivity contribution < 1.29 is 13.2 Å². The first-order valence-corrected chi connectivity index (χ1v) is 6.55. The second-order valence-electron chi connectivity index (χ2n) is 3.49. The van der Waals surface area contributed by atoms with Gasteiger partial charge in [0.1, 0.15) is 6.04 Å². The molecule has 1 rings (SSSR count). The topological polar surface area (TPSA) is 92.5 Å². The number of rotatable bonds is 4. The van der Waals surface area contributed by atoms with Crippen molar-refractivity contribution in [2.45, 2.75) is 18.9 Å². The molecule has 0 aromatic rings. The van der Waals surface area contributed by atoms with Crippen LogP contribution in [0.4, 0.5) is 0 Å². The third-order valence-electron chi connectivity index (χ3n) is 2.49. The second kappa shape index (κ2) is 4.91. The number of carbonyl (C=O) groups is 1. The van der Waals surface area contributed by atoms with E-state index in [0.29, 0.717) is 13.0 Å². The van der Waals surface area contributed by atoms with Gasteiger partial charge < -0.3 is 11.1 Å². The van der Waals surface area contributed by atoms with Crippen LogP contribution in [0.1, 0.15) is 12.8 Å². The zero-order chi connectivity index (χ0) is 11.5. The third-order valence-corrected chi connectivity index (χ3v) is 4.39. The average molecular weight is 235 g/mol. The van der Waals surface area contributed by atoms with E-state index < -0.39 is 16.1 Å². The van der Waals surface area contributed by atoms with E-state index in [1.54, 1.807) is 0 Å². The summed E-state index contributed by atoms with van der Waals surface area (Å²) in [6.07, 6.45) is 1.31. The van der Waals surface area contributed by atoms with Crippen molar-refractivity contribution in [2.75, 3.05) is 25.9 Å². The second-order valence-corrected chi connectivity index (χ2v) is 5.53. The molecule has 0 radical (unpaired) electrons. The van der Waals surface area contributed by atoms with Gasteiger partial charge in [-0.3, -0.25) is 4.79 Å². The van der Waals surface area contributed by atoms with E-state index in [4.69, 9.17) is 5.73 Å². The fourth-order valence-electron chi connectivity index (χ4n) is 1.77. The molecule has 0 aliphatic carbocycles. The largest absolute Gasteiger partial charge is 0.358 e. The lowest BCUT2D eigenvalue weighted by Gasteiger charge is -2.22. The molecule has 88 valence electrons. The van der Waals surface area contributed by atoms with Gasteiger partial charge in [0.2, 0.25) is 15.9 Å². The molecule has 1 heterocycles. The van der Waals surface area contributed by atoms with E-state index >= 15 is 0 Å². The molecular formula is C8H17N3O3S. The molecule has 15 heavy (non-hydrogen) atoms. The van der Waals surface area contributed by atoms with Crippen molar-refractivity contribution in [1.82, 2.24) is 9.62 Å². The van der Waals surface area contributed by atoms with Crippen molar-refractivity contribution in [3.8, 4) is 0 Å². The monoisotopic (exact) mass is 235 g/mol. The van der Waals surface area contributed by atoms with Crippen LogP contribution in [0.3, 0.4) is 0 Å². The first-order chi connectivity index (χ1) is 7.03. The van der Waals surface area contributed by atoms with Crippen LogP contribution in [0, 0.1) is 0 Å². The van der Waals surface area contributed by atoms with Crippen molar-refractivity contribution in [2.24, 2.45) is 5.73 Å². The summed E-state index contributed by atoms with van der Waals surface area (Å²) in [6, 6.07) is -0.549. The number of likely N-dealkylation sites (N-methyl/N-ethyl adjacent to an activating group) is 1. The van der Waals surface area contributed by atoms with Crippen LogP contribution in [-0.2, 0) is 14.8 Å². The average Bonchev–Trinajstić information content (AvgIpc) is 2.65. The molecule has 0 bridgehead atoms. The molecule has 0 saturated carbocycles. The lowest BCUT2D eigenvalue weighted by Crippen LogP contribution is -2.46. The predicted octanol–water partition coefficient (Wildman–Crippen LogP) is -1.51. The van der Waals surface area contributed by atoms with Crippen LogP contribution >= 0.6 is 0 Å². The Labute approximate surface area is 89.9 Å². The molecule has 1 amide bonds. The molecule has 6 nitrogen and oxygen atoms in total. The summed E-state index contributed by atoms with van der Waals surface area (Å²) in [6.45, 7) is 0.500. The van der Waals surface area contributed by atoms with Crippen molar-refractivity contribution >= 4 is 15.9 Å². The molecule has 1 atom stereocenters. The molecule has 1 saturated heterocycles. The summed E-state index contributed by atoms with van der Waals surface area (Å²) in [4.78, 5) is 11.4. The van der Waals surface area contributed by atoms with Crippen molar-refractivity contribution in [1.29, 1.82) is 0 Å². The molecule has 1 aliphatic rings. The standard InChI is InChI=1S/C8H17N3O3S/c1-10-8(12)7-3-2-5-11(7)15(13,14)6-4-9/h7H,2-6,9H2,1H3,(H,10,12). The van der Waals surface area contributed by atoms with E-state index in [1.807, 2.05) is 0 Å². The number of nitrogens with one attached hydrogen (secondary N) is 1. The van der Waals surface area contributed by atoms with Gasteiger partial charge in [0.05, 0.1) is 5.75 Å². The number of carbonyl (C=O) groups excluding carboxylic acids is 1. The Kier molecular flexibility index (Phi) is 4.06. The summed E-state index contributed by atoms with van der Waals surface area (Å²) in [5, 5.41) is 2.47. The number of nitrogens with two attached hydrogens (primary N) is 1. The van der Waals surface area contributed by atoms with Crippen LogP contribution in [0.25, 0.3) is 0 Å². The Morgan fingerprint density at radius 1 is 1.60 bits per heavy atom. The van der Waals surface area contributed by atoms with Crippen LogP contribution in [0.15, 0.2) is 0 Å². The first-order valence-electron chi connectivity index (χ1n) is 4.94. The SMILES string of the molecule is CNC(=O)C1CCCN1S(=O)(=O)CCN. The maximum Gasteiger partial charge on any atom is 0.238 e. The van der Waals surface area contributed by atoms with Crippen molar-refractivity contribution in [3.05, 3.63) is 0 Å². The summed E-state index contributed by atoms with van der Waals surface area (Å²) in [5.41, 5.74) is 5.23. The zero-order valence-electron chi connectivity index (χ0n) is 8.77. The highest BCUT2D eigenvalue weighted by molar-refractivity contribution is 7.89. The summed E-state index contributed by atoms with van der Waals surface area (Å²) in [5.74, 6) is -0.339. The van der Waals surface area contributed by atoms with Gasteiger partial charge in [0, 0.05) is 20.1 Å². The summed E-state index contributed by atoms with van der Waals surface area (Å²) in [7, 11) is -1.86. The van der Waals surface area contributed by atoms with Gasteiger partial charge in [0.15, 0.2) is 0 Å². The molecule has 0 spiro atoms. The van der Waals surface area contributed by atoms with E-state index in [-0.39, 0.29) is 18.2 Å². The van der Waals surface area contributed by atoms with Gasteiger partial charge in [-0.05, 0) is 12.8 Å². The van der Waals surface area contributed by atoms with E-state index in [2.05, 4.69) is 5.32 Å². The van der Waals surface area contributed by atoms with Crippen LogP contribution in [-0.4, -0.2) is 50.6 Å². The molecular weight excluding hydrogens is 218 g/mol. The molecule has 0 aromatic carbocycles. The minimum Gasteiger partial charge on any atom is -0.358 e. The molecule has 1 aliphatic heterocycles. The van der Waals surface area contributed by atoms with Crippen LogP contribution in [0.2, 0.25) is 0 Å². The normalized spacial score (nSPS) is 22.9. The van der Waals surface area contributed by atoms with Crippen LogP contribution in [0.5, 0.6) is 0 Å². The molecule has 1 fully saturated rings. The van der Waals surface area contributed by atoms with Gasteiger partial charge in [-0.2, -0.15) is 4.31 Å². The van der Waals surface area contributed by atoms with Gasteiger partial charge in [0.25, 0.3) is 0 Å². The van der Waals surface area contributed by atoms with Gasteiger partial charge in [-0.1, -0.05) is 0 Å². The Morgan fingerprint density at radius 2 is 2.27 bits per heavy atom. The number of hydrogen-bond acceptors (Lipinski definition) is 4. The lowest BCUT2D eigenvalue weighted by molar-refractivity contribution is -0.123. The smallest absolute Gasteiger partial charge is 0.238 e.